The molecule has 1 fully saturated rings. The third-order valence-corrected chi connectivity index (χ3v) is 5.38. The number of hydrogen-bond acceptors (Lipinski definition) is 3. The van der Waals surface area contributed by atoms with Gasteiger partial charge in [-0.3, -0.25) is 9.59 Å². The van der Waals surface area contributed by atoms with Crippen LogP contribution in [-0.2, 0) is 11.2 Å². The van der Waals surface area contributed by atoms with Gasteiger partial charge in [0.1, 0.15) is 6.04 Å². The molecule has 2 aromatic carbocycles. The van der Waals surface area contributed by atoms with Crippen LogP contribution in [0.4, 0.5) is 0 Å². The standard InChI is InChI=1S/C22H26ClN3O2.ClH/c1-15-14-24-12-11-19(15)25-22(28)20(13-16-5-3-2-4-6-16)26-21(27)17-7-9-18(23)10-8-17;/h2-10,15,19-20,24H,11-14H2,1H3,(H,25,28)(H,26,27);1H. The first-order valence-electron chi connectivity index (χ1n) is 9.64. The van der Waals surface area contributed by atoms with E-state index in [-0.39, 0.29) is 30.3 Å². The Labute approximate surface area is 183 Å². The fraction of sp³-hybridized carbons (Fsp3) is 0.364. The lowest BCUT2D eigenvalue weighted by molar-refractivity contribution is -0.124. The monoisotopic (exact) mass is 435 g/mol. The molecule has 0 spiro atoms. The summed E-state index contributed by atoms with van der Waals surface area (Å²) >= 11 is 5.90. The Morgan fingerprint density at radius 3 is 2.48 bits per heavy atom. The van der Waals surface area contributed by atoms with Crippen LogP contribution in [0.15, 0.2) is 54.6 Å². The number of nitrogens with one attached hydrogen (secondary N) is 3. The molecule has 7 heteroatoms. The van der Waals surface area contributed by atoms with E-state index in [4.69, 9.17) is 11.6 Å². The summed E-state index contributed by atoms with van der Waals surface area (Å²) in [7, 11) is 0. The maximum Gasteiger partial charge on any atom is 0.251 e. The molecule has 156 valence electrons. The van der Waals surface area contributed by atoms with Crippen LogP contribution in [-0.4, -0.2) is 37.0 Å². The number of hydrogen-bond donors (Lipinski definition) is 3. The number of rotatable bonds is 6. The number of piperidine rings is 1. The highest BCUT2D eigenvalue weighted by molar-refractivity contribution is 6.30. The summed E-state index contributed by atoms with van der Waals surface area (Å²) in [5, 5.41) is 9.93. The molecule has 1 heterocycles. The van der Waals surface area contributed by atoms with Crippen LogP contribution in [0.5, 0.6) is 0 Å². The van der Waals surface area contributed by atoms with Gasteiger partial charge in [0.15, 0.2) is 0 Å². The summed E-state index contributed by atoms with van der Waals surface area (Å²) in [4.78, 5) is 25.7. The molecule has 29 heavy (non-hydrogen) atoms. The van der Waals surface area contributed by atoms with Gasteiger partial charge in [-0.15, -0.1) is 12.4 Å². The van der Waals surface area contributed by atoms with Crippen LogP contribution < -0.4 is 16.0 Å². The second kappa shape index (κ2) is 11.2. The minimum Gasteiger partial charge on any atom is -0.351 e. The van der Waals surface area contributed by atoms with E-state index in [0.717, 1.165) is 25.1 Å². The number of carbonyl (C=O) groups is 2. The Hall–Kier alpha value is -2.08. The predicted octanol–water partition coefficient (Wildman–Crippen LogP) is 3.22. The van der Waals surface area contributed by atoms with Crippen LogP contribution in [0.3, 0.4) is 0 Å². The highest BCUT2D eigenvalue weighted by Gasteiger charge is 2.27. The molecule has 0 radical (unpaired) electrons. The van der Waals surface area contributed by atoms with E-state index < -0.39 is 6.04 Å². The second-order valence-electron chi connectivity index (χ2n) is 7.31. The van der Waals surface area contributed by atoms with E-state index in [9.17, 15) is 9.59 Å². The van der Waals surface area contributed by atoms with Crippen molar-refractivity contribution in [1.29, 1.82) is 0 Å². The molecular formula is C22H27Cl2N3O2. The van der Waals surface area contributed by atoms with Crippen LogP contribution in [0.25, 0.3) is 0 Å². The summed E-state index contributed by atoms with van der Waals surface area (Å²) in [6.07, 6.45) is 1.32. The largest absolute Gasteiger partial charge is 0.351 e. The van der Waals surface area contributed by atoms with Gasteiger partial charge in [-0.25, -0.2) is 0 Å². The molecule has 0 aromatic heterocycles. The van der Waals surface area contributed by atoms with Gasteiger partial charge in [0.2, 0.25) is 5.91 Å². The zero-order chi connectivity index (χ0) is 19.9. The van der Waals surface area contributed by atoms with Crippen molar-refractivity contribution in [2.75, 3.05) is 13.1 Å². The average molecular weight is 436 g/mol. The molecule has 2 aromatic rings. The van der Waals surface area contributed by atoms with Crippen LogP contribution >= 0.6 is 24.0 Å². The molecule has 3 rings (SSSR count). The number of amides is 2. The molecule has 3 atom stereocenters. The van der Waals surface area contributed by atoms with Crippen molar-refractivity contribution in [2.24, 2.45) is 5.92 Å². The molecule has 1 saturated heterocycles. The van der Waals surface area contributed by atoms with E-state index in [1.165, 1.54) is 0 Å². The molecule has 0 aliphatic carbocycles. The second-order valence-corrected chi connectivity index (χ2v) is 7.74. The Bertz CT molecular complexity index is 799. The van der Waals surface area contributed by atoms with Gasteiger partial charge in [-0.05, 0) is 55.3 Å². The molecule has 1 aliphatic heterocycles. The summed E-state index contributed by atoms with van der Waals surface area (Å²) in [6.45, 7) is 3.89. The van der Waals surface area contributed by atoms with Crippen molar-refractivity contribution >= 4 is 35.8 Å². The number of benzene rings is 2. The van der Waals surface area contributed by atoms with Crippen molar-refractivity contribution in [3.8, 4) is 0 Å². The van der Waals surface area contributed by atoms with E-state index in [0.29, 0.717) is 22.9 Å². The van der Waals surface area contributed by atoms with E-state index in [1.54, 1.807) is 24.3 Å². The Morgan fingerprint density at radius 2 is 1.83 bits per heavy atom. The maximum atomic E-state index is 13.0. The van der Waals surface area contributed by atoms with Crippen molar-refractivity contribution in [1.82, 2.24) is 16.0 Å². The summed E-state index contributed by atoms with van der Waals surface area (Å²) in [6, 6.07) is 15.8. The first-order chi connectivity index (χ1) is 13.5. The highest BCUT2D eigenvalue weighted by Crippen LogP contribution is 2.13. The fourth-order valence-electron chi connectivity index (χ4n) is 3.41. The topological polar surface area (TPSA) is 70.2 Å². The molecule has 5 nitrogen and oxygen atoms in total. The molecule has 0 saturated carbocycles. The lowest BCUT2D eigenvalue weighted by Crippen LogP contribution is -2.55. The van der Waals surface area contributed by atoms with E-state index in [1.807, 2.05) is 30.3 Å². The average Bonchev–Trinajstić information content (AvgIpc) is 2.70. The molecule has 3 N–H and O–H groups in total. The van der Waals surface area contributed by atoms with Crippen LogP contribution in [0, 0.1) is 5.92 Å². The SMILES string of the molecule is CC1CNCCC1NC(=O)C(Cc1ccccc1)NC(=O)c1ccc(Cl)cc1.Cl. The van der Waals surface area contributed by atoms with Gasteiger partial charge in [0.25, 0.3) is 5.91 Å². The minimum absolute atomic E-state index is 0. The smallest absolute Gasteiger partial charge is 0.251 e. The fourth-order valence-corrected chi connectivity index (χ4v) is 3.54. The molecule has 1 aliphatic rings. The van der Waals surface area contributed by atoms with E-state index >= 15 is 0 Å². The van der Waals surface area contributed by atoms with Gasteiger partial charge in [0, 0.05) is 23.0 Å². The number of carbonyl (C=O) groups excluding carboxylic acids is 2. The van der Waals surface area contributed by atoms with Gasteiger partial charge in [-0.1, -0.05) is 48.9 Å². The van der Waals surface area contributed by atoms with Crippen LogP contribution in [0.2, 0.25) is 5.02 Å². The minimum atomic E-state index is -0.646. The zero-order valence-corrected chi connectivity index (χ0v) is 17.9. The highest BCUT2D eigenvalue weighted by atomic mass is 35.5. The lowest BCUT2D eigenvalue weighted by atomic mass is 9.94. The lowest BCUT2D eigenvalue weighted by Gasteiger charge is -2.31. The quantitative estimate of drug-likeness (QED) is 0.652. The Balaban J connectivity index is 0.00000300. The first kappa shape index (κ1) is 23.2. The normalized spacial score (nSPS) is 19.5. The zero-order valence-electron chi connectivity index (χ0n) is 16.4. The Morgan fingerprint density at radius 1 is 1.14 bits per heavy atom. The van der Waals surface area contributed by atoms with Gasteiger partial charge in [0.05, 0.1) is 0 Å². The van der Waals surface area contributed by atoms with Gasteiger partial charge < -0.3 is 16.0 Å². The molecule has 2 amide bonds. The molecule has 3 unspecified atom stereocenters. The summed E-state index contributed by atoms with van der Waals surface area (Å²) in [5.41, 5.74) is 1.47. The third kappa shape index (κ3) is 6.74. The van der Waals surface area contributed by atoms with E-state index in [2.05, 4.69) is 22.9 Å². The number of halogens is 2. The molecular weight excluding hydrogens is 409 g/mol. The summed E-state index contributed by atoms with van der Waals surface area (Å²) < 4.78 is 0. The van der Waals surface area contributed by atoms with Gasteiger partial charge >= 0.3 is 0 Å². The maximum absolute atomic E-state index is 13.0. The van der Waals surface area contributed by atoms with Crippen molar-refractivity contribution in [3.63, 3.8) is 0 Å². The summed E-state index contributed by atoms with van der Waals surface area (Å²) in [5.74, 6) is -0.0851. The third-order valence-electron chi connectivity index (χ3n) is 5.12. The molecule has 0 bridgehead atoms. The van der Waals surface area contributed by atoms with Crippen LogP contribution in [0.1, 0.15) is 29.3 Å². The van der Waals surface area contributed by atoms with Crippen molar-refractivity contribution in [3.05, 3.63) is 70.7 Å². The van der Waals surface area contributed by atoms with Crippen molar-refractivity contribution < 1.29 is 9.59 Å². The Kier molecular flexibility index (Phi) is 8.96. The predicted molar refractivity (Wildman–Crippen MR) is 119 cm³/mol. The van der Waals surface area contributed by atoms with Crippen molar-refractivity contribution in [2.45, 2.75) is 31.8 Å². The van der Waals surface area contributed by atoms with Gasteiger partial charge in [-0.2, -0.15) is 0 Å². The first-order valence-corrected chi connectivity index (χ1v) is 10.0.